The molecule has 0 spiro atoms. The molecule has 0 radical (unpaired) electrons. The predicted molar refractivity (Wildman–Crippen MR) is 134 cm³/mol. The standard InChI is InChI=1S/C26H32F3N7O/c1-34-12-4-5-19(34)17-37-25-32-22-16-35(23-7-3-2-6-21(23)26(27,28)29)13-9-20(22)24(33-25)36-14-11-31-18(15-36)8-10-30/h2-3,6-7,18-19,31H,4-5,8-9,11-17H2,1H3/t18-,19-/m0/s1. The minimum Gasteiger partial charge on any atom is -0.462 e. The monoisotopic (exact) mass is 515 g/mol. The van der Waals surface area contributed by atoms with Crippen molar-refractivity contribution in [2.24, 2.45) is 0 Å². The van der Waals surface area contributed by atoms with E-state index in [2.05, 4.69) is 28.2 Å². The van der Waals surface area contributed by atoms with Crippen molar-refractivity contribution in [2.75, 3.05) is 56.2 Å². The van der Waals surface area contributed by atoms with Gasteiger partial charge >= 0.3 is 12.2 Å². The summed E-state index contributed by atoms with van der Waals surface area (Å²) in [6, 6.07) is 8.50. The molecule has 1 aromatic heterocycles. The van der Waals surface area contributed by atoms with Crippen molar-refractivity contribution in [1.29, 1.82) is 5.26 Å². The number of likely N-dealkylation sites (tertiary alicyclic amines) is 1. The normalized spacial score (nSPS) is 22.6. The number of hydrogen-bond acceptors (Lipinski definition) is 8. The highest BCUT2D eigenvalue weighted by atomic mass is 19.4. The van der Waals surface area contributed by atoms with E-state index in [9.17, 15) is 18.4 Å². The van der Waals surface area contributed by atoms with Crippen LogP contribution in [0, 0.1) is 11.3 Å². The molecule has 0 aliphatic carbocycles. The number of benzene rings is 1. The third kappa shape index (κ3) is 5.60. The summed E-state index contributed by atoms with van der Waals surface area (Å²) in [6.07, 6.45) is -1.36. The summed E-state index contributed by atoms with van der Waals surface area (Å²) in [5.41, 5.74) is 1.16. The summed E-state index contributed by atoms with van der Waals surface area (Å²) in [6.45, 7) is 4.23. The number of para-hydroxylation sites is 1. The van der Waals surface area contributed by atoms with E-state index >= 15 is 0 Å². The molecule has 1 N–H and O–H groups in total. The lowest BCUT2D eigenvalue weighted by Crippen LogP contribution is -2.51. The Kier molecular flexibility index (Phi) is 7.40. The predicted octanol–water partition coefficient (Wildman–Crippen LogP) is 3.22. The fourth-order valence-corrected chi connectivity index (χ4v) is 5.53. The number of nitrogens with one attached hydrogen (secondary N) is 1. The zero-order chi connectivity index (χ0) is 26.0. The van der Waals surface area contributed by atoms with Crippen molar-refractivity contribution in [3.8, 4) is 12.1 Å². The Morgan fingerprint density at radius 2 is 2.00 bits per heavy atom. The van der Waals surface area contributed by atoms with Gasteiger partial charge in [0.15, 0.2) is 0 Å². The van der Waals surface area contributed by atoms with Crippen LogP contribution in [0.5, 0.6) is 6.01 Å². The van der Waals surface area contributed by atoms with Gasteiger partial charge in [0.05, 0.1) is 30.3 Å². The first kappa shape index (κ1) is 25.5. The molecule has 1 aromatic carbocycles. The Morgan fingerprint density at radius 3 is 2.76 bits per heavy atom. The number of fused-ring (bicyclic) bond motifs is 1. The molecule has 0 unspecified atom stereocenters. The Hall–Kier alpha value is -3.10. The van der Waals surface area contributed by atoms with E-state index in [1.54, 1.807) is 11.0 Å². The molecule has 0 amide bonds. The van der Waals surface area contributed by atoms with E-state index in [0.717, 1.165) is 49.9 Å². The van der Waals surface area contributed by atoms with Crippen LogP contribution in [0.1, 0.15) is 36.1 Å². The molecule has 3 aliphatic rings. The second kappa shape index (κ2) is 10.7. The first-order valence-corrected chi connectivity index (χ1v) is 12.8. The Balaban J connectivity index is 1.46. The van der Waals surface area contributed by atoms with Gasteiger partial charge in [0.1, 0.15) is 12.4 Å². The van der Waals surface area contributed by atoms with Gasteiger partial charge in [-0.3, -0.25) is 0 Å². The lowest BCUT2D eigenvalue weighted by atomic mass is 10.0. The largest absolute Gasteiger partial charge is 0.462 e. The van der Waals surface area contributed by atoms with Gasteiger partial charge in [0.2, 0.25) is 0 Å². The summed E-state index contributed by atoms with van der Waals surface area (Å²) in [7, 11) is 2.08. The quantitative estimate of drug-likeness (QED) is 0.628. The van der Waals surface area contributed by atoms with Crippen LogP contribution in [-0.4, -0.2) is 73.3 Å². The Morgan fingerprint density at radius 1 is 1.16 bits per heavy atom. The highest BCUT2D eigenvalue weighted by molar-refractivity contribution is 5.59. The van der Waals surface area contributed by atoms with Gasteiger partial charge in [-0.15, -0.1) is 0 Å². The van der Waals surface area contributed by atoms with Crippen LogP contribution in [0.3, 0.4) is 0 Å². The summed E-state index contributed by atoms with van der Waals surface area (Å²) in [5.74, 6) is 0.771. The first-order chi connectivity index (χ1) is 17.8. The van der Waals surface area contributed by atoms with Crippen molar-refractivity contribution in [3.05, 3.63) is 41.1 Å². The number of ether oxygens (including phenoxy) is 1. The molecular weight excluding hydrogens is 483 g/mol. The summed E-state index contributed by atoms with van der Waals surface area (Å²) in [4.78, 5) is 15.7. The number of alkyl halides is 3. The van der Waals surface area contributed by atoms with Crippen LogP contribution in [-0.2, 0) is 19.1 Å². The molecule has 198 valence electrons. The molecule has 4 heterocycles. The number of likely N-dealkylation sites (N-methyl/N-ethyl adjacent to an activating group) is 1. The number of piperazine rings is 1. The maximum atomic E-state index is 13.7. The van der Waals surface area contributed by atoms with Crippen molar-refractivity contribution >= 4 is 11.5 Å². The molecule has 2 aromatic rings. The van der Waals surface area contributed by atoms with Crippen molar-refractivity contribution < 1.29 is 17.9 Å². The molecular formula is C26H32F3N7O. The van der Waals surface area contributed by atoms with Crippen molar-refractivity contribution in [2.45, 2.75) is 50.5 Å². The van der Waals surface area contributed by atoms with Gasteiger partial charge in [-0.1, -0.05) is 12.1 Å². The number of nitriles is 1. The van der Waals surface area contributed by atoms with Crippen LogP contribution in [0.2, 0.25) is 0 Å². The molecule has 8 nitrogen and oxygen atoms in total. The molecule has 0 bridgehead atoms. The smallest absolute Gasteiger partial charge is 0.418 e. The molecule has 2 fully saturated rings. The van der Waals surface area contributed by atoms with Crippen LogP contribution >= 0.6 is 0 Å². The third-order valence-electron chi connectivity index (χ3n) is 7.54. The van der Waals surface area contributed by atoms with E-state index in [1.165, 1.54) is 12.1 Å². The number of anilines is 2. The van der Waals surface area contributed by atoms with Gasteiger partial charge in [-0.2, -0.15) is 28.4 Å². The Labute approximate surface area is 215 Å². The van der Waals surface area contributed by atoms with Gasteiger partial charge in [0.25, 0.3) is 0 Å². The number of halogens is 3. The number of nitrogens with zero attached hydrogens (tertiary/aromatic N) is 6. The average Bonchev–Trinajstić information content (AvgIpc) is 3.31. The zero-order valence-electron chi connectivity index (χ0n) is 21.0. The van der Waals surface area contributed by atoms with Crippen LogP contribution in [0.25, 0.3) is 0 Å². The number of rotatable bonds is 6. The highest BCUT2D eigenvalue weighted by Crippen LogP contribution is 2.39. The summed E-state index contributed by atoms with van der Waals surface area (Å²) < 4.78 is 47.3. The SMILES string of the molecule is CN1CCC[C@H]1COc1nc2c(c(N3CCN[C@@H](CC#N)C3)n1)CCN(c1ccccc1C(F)(F)F)C2. The zero-order valence-corrected chi connectivity index (χ0v) is 21.0. The fourth-order valence-electron chi connectivity index (χ4n) is 5.53. The van der Waals surface area contributed by atoms with Crippen LogP contribution in [0.15, 0.2) is 24.3 Å². The molecule has 3 aliphatic heterocycles. The average molecular weight is 516 g/mol. The van der Waals surface area contributed by atoms with E-state index in [-0.39, 0.29) is 30.3 Å². The maximum Gasteiger partial charge on any atom is 0.418 e. The topological polar surface area (TPSA) is 80.5 Å². The first-order valence-electron chi connectivity index (χ1n) is 12.8. The van der Waals surface area contributed by atoms with E-state index in [4.69, 9.17) is 14.7 Å². The van der Waals surface area contributed by atoms with Gasteiger partial charge in [-0.05, 0) is 45.0 Å². The lowest BCUT2D eigenvalue weighted by molar-refractivity contribution is -0.137. The van der Waals surface area contributed by atoms with Crippen molar-refractivity contribution in [1.82, 2.24) is 20.2 Å². The molecule has 2 atom stereocenters. The van der Waals surface area contributed by atoms with E-state index in [1.807, 2.05) is 0 Å². The number of hydrogen-bond donors (Lipinski definition) is 1. The van der Waals surface area contributed by atoms with Gasteiger partial charge in [-0.25, -0.2) is 0 Å². The molecule has 2 saturated heterocycles. The van der Waals surface area contributed by atoms with Crippen molar-refractivity contribution in [3.63, 3.8) is 0 Å². The molecule has 37 heavy (non-hydrogen) atoms. The van der Waals surface area contributed by atoms with Crippen LogP contribution in [0.4, 0.5) is 24.7 Å². The highest BCUT2D eigenvalue weighted by Gasteiger charge is 2.36. The van der Waals surface area contributed by atoms with E-state index in [0.29, 0.717) is 38.2 Å². The van der Waals surface area contributed by atoms with E-state index < -0.39 is 11.7 Å². The second-order valence-electron chi connectivity index (χ2n) is 9.99. The Bertz CT molecular complexity index is 1150. The molecule has 11 heteroatoms. The van der Waals surface area contributed by atoms with Gasteiger partial charge in [0, 0.05) is 49.5 Å². The minimum absolute atomic E-state index is 0.0274. The second-order valence-corrected chi connectivity index (χ2v) is 9.99. The number of aromatic nitrogens is 2. The minimum atomic E-state index is -4.44. The lowest BCUT2D eigenvalue weighted by Gasteiger charge is -2.37. The van der Waals surface area contributed by atoms with Crippen LogP contribution < -0.4 is 19.9 Å². The third-order valence-corrected chi connectivity index (χ3v) is 7.54. The fraction of sp³-hybridized carbons (Fsp3) is 0.577. The molecule has 0 saturated carbocycles. The molecule has 5 rings (SSSR count). The summed E-state index contributed by atoms with van der Waals surface area (Å²) in [5, 5.41) is 12.6. The summed E-state index contributed by atoms with van der Waals surface area (Å²) >= 11 is 0. The maximum absolute atomic E-state index is 13.7. The van der Waals surface area contributed by atoms with Gasteiger partial charge < -0.3 is 24.8 Å².